The van der Waals surface area contributed by atoms with Gasteiger partial charge in [0.15, 0.2) is 0 Å². The van der Waals surface area contributed by atoms with Gasteiger partial charge in [0.2, 0.25) is 17.7 Å². The van der Waals surface area contributed by atoms with Crippen molar-refractivity contribution in [3.05, 3.63) is 29.3 Å². The zero-order valence-corrected chi connectivity index (χ0v) is 20.1. The van der Waals surface area contributed by atoms with Crippen LogP contribution in [0, 0.1) is 0 Å². The van der Waals surface area contributed by atoms with Crippen molar-refractivity contribution in [2.45, 2.75) is 25.4 Å². The van der Waals surface area contributed by atoms with E-state index in [0.717, 1.165) is 0 Å². The van der Waals surface area contributed by atoms with E-state index in [2.05, 4.69) is 10.6 Å². The average Bonchev–Trinajstić information content (AvgIpc) is 3.17. The number of ether oxygens (including phenoxy) is 4. The van der Waals surface area contributed by atoms with Gasteiger partial charge in [-0.05, 0) is 18.6 Å². The van der Waals surface area contributed by atoms with Crippen LogP contribution in [0.5, 0.6) is 0 Å². The van der Waals surface area contributed by atoms with Crippen LogP contribution in [-0.4, -0.2) is 93.3 Å². The molecule has 35 heavy (non-hydrogen) atoms. The SMILES string of the molecule is O=C1CCC(N2Cc3c(NC(=O)COCCOCCOCCOCCCl)cccc3C2=O)C(=O)N1. The molecule has 0 aromatic heterocycles. The van der Waals surface area contributed by atoms with Gasteiger partial charge in [0.25, 0.3) is 5.91 Å². The van der Waals surface area contributed by atoms with Crippen LogP contribution < -0.4 is 10.6 Å². The molecule has 0 spiro atoms. The summed E-state index contributed by atoms with van der Waals surface area (Å²) in [7, 11) is 0. The molecule has 3 rings (SSSR count). The molecule has 1 saturated heterocycles. The molecule has 4 amide bonds. The van der Waals surface area contributed by atoms with Gasteiger partial charge >= 0.3 is 0 Å². The number of benzene rings is 1. The van der Waals surface area contributed by atoms with Crippen molar-refractivity contribution in [2.75, 3.05) is 64.1 Å². The molecule has 1 aromatic rings. The van der Waals surface area contributed by atoms with Crippen LogP contribution in [0.2, 0.25) is 0 Å². The van der Waals surface area contributed by atoms with Crippen LogP contribution in [0.3, 0.4) is 0 Å². The summed E-state index contributed by atoms with van der Waals surface area (Å²) in [5.74, 6) is -1.04. The van der Waals surface area contributed by atoms with Gasteiger partial charge < -0.3 is 29.2 Å². The summed E-state index contributed by atoms with van der Waals surface area (Å²) in [4.78, 5) is 50.2. The summed E-state index contributed by atoms with van der Waals surface area (Å²) in [5.41, 5.74) is 1.55. The van der Waals surface area contributed by atoms with Gasteiger partial charge in [-0.1, -0.05) is 6.07 Å². The second-order valence-electron chi connectivity index (χ2n) is 7.86. The van der Waals surface area contributed by atoms with E-state index in [-0.39, 0.29) is 50.3 Å². The highest BCUT2D eigenvalue weighted by Crippen LogP contribution is 2.32. The molecular formula is C23H30ClN3O8. The molecule has 1 aromatic carbocycles. The quantitative estimate of drug-likeness (QED) is 0.200. The van der Waals surface area contributed by atoms with Crippen LogP contribution in [0.1, 0.15) is 28.8 Å². The second kappa shape index (κ2) is 14.1. The Morgan fingerprint density at radius 3 is 2.31 bits per heavy atom. The van der Waals surface area contributed by atoms with Crippen LogP contribution in [0.25, 0.3) is 0 Å². The van der Waals surface area contributed by atoms with E-state index < -0.39 is 11.9 Å². The molecule has 0 saturated carbocycles. The minimum absolute atomic E-state index is 0.173. The second-order valence-corrected chi connectivity index (χ2v) is 8.24. The number of amides is 4. The topological polar surface area (TPSA) is 132 Å². The Labute approximate surface area is 208 Å². The first-order valence-electron chi connectivity index (χ1n) is 11.4. The van der Waals surface area contributed by atoms with Crippen LogP contribution in [0.15, 0.2) is 18.2 Å². The van der Waals surface area contributed by atoms with Crippen molar-refractivity contribution in [1.82, 2.24) is 10.2 Å². The Kier molecular flexibility index (Phi) is 10.9. The molecule has 11 nitrogen and oxygen atoms in total. The lowest BCUT2D eigenvalue weighted by atomic mass is 10.0. The predicted octanol–water partition coefficient (Wildman–Crippen LogP) is 0.691. The largest absolute Gasteiger partial charge is 0.378 e. The van der Waals surface area contributed by atoms with Crippen molar-refractivity contribution < 1.29 is 38.1 Å². The number of carbonyl (C=O) groups excluding carboxylic acids is 4. The number of hydrogen-bond donors (Lipinski definition) is 2. The Morgan fingerprint density at radius 2 is 1.66 bits per heavy atom. The average molecular weight is 512 g/mol. The summed E-state index contributed by atoms with van der Waals surface area (Å²) < 4.78 is 21.2. The van der Waals surface area contributed by atoms with Gasteiger partial charge in [-0.25, -0.2) is 0 Å². The number of nitrogens with zero attached hydrogens (tertiary/aromatic N) is 1. The van der Waals surface area contributed by atoms with Crippen molar-refractivity contribution in [2.24, 2.45) is 0 Å². The molecule has 2 heterocycles. The summed E-state index contributed by atoms with van der Waals surface area (Å²) in [6, 6.07) is 4.31. The number of rotatable bonds is 15. The number of carbonyl (C=O) groups is 4. The molecule has 2 aliphatic rings. The molecule has 0 aliphatic carbocycles. The number of fused-ring (bicyclic) bond motifs is 1. The van der Waals surface area contributed by atoms with E-state index in [0.29, 0.717) is 62.3 Å². The molecule has 12 heteroatoms. The molecule has 2 N–H and O–H groups in total. The van der Waals surface area contributed by atoms with Gasteiger partial charge in [-0.15, -0.1) is 11.6 Å². The Hall–Kier alpha value is -2.57. The lowest BCUT2D eigenvalue weighted by Crippen LogP contribution is -2.52. The predicted molar refractivity (Wildman–Crippen MR) is 125 cm³/mol. The van der Waals surface area contributed by atoms with Crippen LogP contribution >= 0.6 is 11.6 Å². The minimum atomic E-state index is -0.714. The van der Waals surface area contributed by atoms with E-state index in [1.54, 1.807) is 18.2 Å². The zero-order chi connectivity index (χ0) is 25.0. The maximum Gasteiger partial charge on any atom is 0.255 e. The molecule has 1 unspecified atom stereocenters. The van der Waals surface area contributed by atoms with E-state index in [1.807, 2.05) is 0 Å². The first kappa shape index (κ1) is 27.0. The monoisotopic (exact) mass is 511 g/mol. The van der Waals surface area contributed by atoms with Gasteiger partial charge in [0, 0.05) is 35.7 Å². The summed E-state index contributed by atoms with van der Waals surface area (Å²) in [6.45, 7) is 2.83. The van der Waals surface area contributed by atoms with Crippen LogP contribution in [0.4, 0.5) is 5.69 Å². The fourth-order valence-electron chi connectivity index (χ4n) is 3.77. The van der Waals surface area contributed by atoms with E-state index in [9.17, 15) is 19.2 Å². The molecule has 2 aliphatic heterocycles. The molecular weight excluding hydrogens is 482 g/mol. The number of hydrogen-bond acceptors (Lipinski definition) is 8. The van der Waals surface area contributed by atoms with Crippen molar-refractivity contribution in [1.29, 1.82) is 0 Å². The normalized spacial score (nSPS) is 17.5. The Balaban J connectivity index is 1.35. The highest BCUT2D eigenvalue weighted by Gasteiger charge is 2.39. The number of alkyl halides is 1. The smallest absolute Gasteiger partial charge is 0.255 e. The highest BCUT2D eigenvalue weighted by molar-refractivity contribution is 6.18. The number of anilines is 1. The fourth-order valence-corrected chi connectivity index (χ4v) is 3.88. The van der Waals surface area contributed by atoms with E-state index >= 15 is 0 Å². The molecule has 1 atom stereocenters. The summed E-state index contributed by atoms with van der Waals surface area (Å²) >= 11 is 5.49. The standard InChI is InChI=1S/C23H30ClN3O8/c24-6-7-32-8-9-33-10-11-34-12-13-35-15-21(29)25-18-3-1-2-16-17(18)14-27(23(16)31)19-4-5-20(28)26-22(19)30/h1-3,19H,4-15H2,(H,25,29)(H,26,28,30). The fraction of sp³-hybridized carbons (Fsp3) is 0.565. The first-order valence-corrected chi connectivity index (χ1v) is 12.0. The maximum atomic E-state index is 12.8. The van der Waals surface area contributed by atoms with Crippen molar-refractivity contribution in [3.63, 3.8) is 0 Å². The molecule has 0 bridgehead atoms. The molecule has 1 fully saturated rings. The number of piperidine rings is 1. The Bertz CT molecular complexity index is 913. The molecule has 0 radical (unpaired) electrons. The number of halogens is 1. The van der Waals surface area contributed by atoms with Gasteiger partial charge in [-0.3, -0.25) is 24.5 Å². The first-order chi connectivity index (χ1) is 17.0. The van der Waals surface area contributed by atoms with Gasteiger partial charge in [0.05, 0.1) is 46.2 Å². The lowest BCUT2D eigenvalue weighted by Gasteiger charge is -2.29. The van der Waals surface area contributed by atoms with Crippen molar-refractivity contribution >= 4 is 40.9 Å². The minimum Gasteiger partial charge on any atom is -0.378 e. The zero-order valence-electron chi connectivity index (χ0n) is 19.4. The van der Waals surface area contributed by atoms with E-state index in [4.69, 9.17) is 30.5 Å². The third-order valence-electron chi connectivity index (χ3n) is 5.43. The number of imide groups is 1. The van der Waals surface area contributed by atoms with Gasteiger partial charge in [0.1, 0.15) is 12.6 Å². The summed E-state index contributed by atoms with van der Waals surface area (Å²) in [6.07, 6.45) is 0.454. The lowest BCUT2D eigenvalue weighted by molar-refractivity contribution is -0.137. The van der Waals surface area contributed by atoms with Crippen molar-refractivity contribution in [3.8, 4) is 0 Å². The van der Waals surface area contributed by atoms with Gasteiger partial charge in [-0.2, -0.15) is 0 Å². The third kappa shape index (κ3) is 7.97. The highest BCUT2D eigenvalue weighted by atomic mass is 35.5. The molecule has 192 valence electrons. The maximum absolute atomic E-state index is 12.8. The van der Waals surface area contributed by atoms with Crippen LogP contribution in [-0.2, 0) is 39.9 Å². The van der Waals surface area contributed by atoms with E-state index in [1.165, 1.54) is 4.90 Å². The Morgan fingerprint density at radius 1 is 1.00 bits per heavy atom. The summed E-state index contributed by atoms with van der Waals surface area (Å²) in [5, 5.41) is 5.04. The number of nitrogens with one attached hydrogen (secondary N) is 2. The third-order valence-corrected chi connectivity index (χ3v) is 5.58.